The quantitative estimate of drug-likeness (QED) is 0.697. The van der Waals surface area contributed by atoms with Crippen molar-refractivity contribution in [3.05, 3.63) is 53.8 Å². The molecule has 3 N–H and O–H groups in total. The van der Waals surface area contributed by atoms with E-state index in [0.717, 1.165) is 36.4 Å². The van der Waals surface area contributed by atoms with Crippen molar-refractivity contribution in [1.29, 1.82) is 0 Å². The molecule has 0 bridgehead atoms. The number of benzene rings is 2. The molecule has 0 aliphatic heterocycles. The molecule has 7 nitrogen and oxygen atoms in total. The van der Waals surface area contributed by atoms with Crippen molar-refractivity contribution in [2.45, 2.75) is 4.90 Å². The molecule has 0 heterocycles. The summed E-state index contributed by atoms with van der Waals surface area (Å²) in [6, 6.07) is 7.83. The van der Waals surface area contributed by atoms with Crippen LogP contribution in [0.1, 0.15) is 10.4 Å². The molecule has 0 aliphatic rings. The molecule has 0 atom stereocenters. The predicted molar refractivity (Wildman–Crippen MR) is 83.2 cm³/mol. The molecule has 0 aromatic heterocycles. The van der Waals surface area contributed by atoms with Crippen LogP contribution >= 0.6 is 0 Å². The van der Waals surface area contributed by atoms with Gasteiger partial charge in [-0.25, -0.2) is 17.6 Å². The van der Waals surface area contributed by atoms with Crippen LogP contribution in [0, 0.1) is 5.82 Å². The number of halogens is 1. The zero-order valence-electron chi connectivity index (χ0n) is 12.3. The van der Waals surface area contributed by atoms with Gasteiger partial charge in [-0.15, -0.1) is 0 Å². The molecule has 0 spiro atoms. The molecule has 0 aliphatic carbocycles. The minimum Gasteiger partial charge on any atom is -0.489 e. The molecular formula is C15H14FNO6S. The van der Waals surface area contributed by atoms with Gasteiger partial charge >= 0.3 is 5.97 Å². The third-order valence-electron chi connectivity index (χ3n) is 2.95. The number of carboxylic acid groups (broad SMARTS) is 1. The van der Waals surface area contributed by atoms with Gasteiger partial charge in [-0.05, 0) is 36.4 Å². The second kappa shape index (κ2) is 7.28. The number of aliphatic hydroxyl groups excluding tert-OH is 1. The van der Waals surface area contributed by atoms with Crippen molar-refractivity contribution in [2.24, 2.45) is 0 Å². The van der Waals surface area contributed by atoms with Crippen LogP contribution in [0.4, 0.5) is 10.1 Å². The van der Waals surface area contributed by atoms with Crippen molar-refractivity contribution in [1.82, 2.24) is 0 Å². The lowest BCUT2D eigenvalue weighted by Crippen LogP contribution is -2.15. The van der Waals surface area contributed by atoms with Gasteiger partial charge in [-0.1, -0.05) is 0 Å². The molecule has 2 aromatic carbocycles. The molecule has 0 radical (unpaired) electrons. The fourth-order valence-corrected chi connectivity index (χ4v) is 2.91. The highest BCUT2D eigenvalue weighted by Gasteiger charge is 2.18. The molecule has 0 amide bonds. The Hall–Kier alpha value is -2.65. The summed E-state index contributed by atoms with van der Waals surface area (Å²) >= 11 is 0. The highest BCUT2D eigenvalue weighted by molar-refractivity contribution is 7.92. The van der Waals surface area contributed by atoms with Gasteiger partial charge in [0.2, 0.25) is 0 Å². The number of rotatable bonds is 7. The van der Waals surface area contributed by atoms with E-state index in [1.54, 1.807) is 0 Å². The molecule has 0 saturated carbocycles. The monoisotopic (exact) mass is 355 g/mol. The number of ether oxygens (including phenoxy) is 1. The summed E-state index contributed by atoms with van der Waals surface area (Å²) in [6.45, 7) is -0.454. The third-order valence-corrected chi connectivity index (χ3v) is 4.33. The first-order valence-electron chi connectivity index (χ1n) is 6.73. The lowest BCUT2D eigenvalue weighted by molar-refractivity contribution is 0.0696. The maximum absolute atomic E-state index is 13.3. The van der Waals surface area contributed by atoms with Crippen molar-refractivity contribution in [2.75, 3.05) is 17.9 Å². The van der Waals surface area contributed by atoms with Crippen LogP contribution in [0.2, 0.25) is 0 Å². The second-order valence-electron chi connectivity index (χ2n) is 4.65. The van der Waals surface area contributed by atoms with Crippen molar-refractivity contribution in [3.63, 3.8) is 0 Å². The number of nitrogens with one attached hydrogen (secondary N) is 1. The van der Waals surface area contributed by atoms with Gasteiger partial charge in [-0.2, -0.15) is 0 Å². The number of sulfonamides is 1. The van der Waals surface area contributed by atoms with Gasteiger partial charge in [0.1, 0.15) is 18.2 Å². The van der Waals surface area contributed by atoms with Crippen LogP contribution in [0.3, 0.4) is 0 Å². The van der Waals surface area contributed by atoms with E-state index in [-0.39, 0.29) is 35.1 Å². The van der Waals surface area contributed by atoms with Gasteiger partial charge in [-0.3, -0.25) is 4.72 Å². The fourth-order valence-electron chi connectivity index (χ4n) is 1.84. The first-order valence-corrected chi connectivity index (χ1v) is 8.21. The fraction of sp³-hybridized carbons (Fsp3) is 0.133. The highest BCUT2D eigenvalue weighted by atomic mass is 32.2. The third kappa shape index (κ3) is 4.21. The van der Waals surface area contributed by atoms with E-state index in [1.807, 2.05) is 0 Å². The zero-order chi connectivity index (χ0) is 17.7. The van der Waals surface area contributed by atoms with Crippen LogP contribution in [0.25, 0.3) is 0 Å². The summed E-state index contributed by atoms with van der Waals surface area (Å²) < 4.78 is 45.3. The Balaban J connectivity index is 2.30. The number of carbonyl (C=O) groups is 1. The van der Waals surface area contributed by atoms with E-state index in [2.05, 4.69) is 4.72 Å². The normalized spacial score (nSPS) is 11.1. The Kier molecular flexibility index (Phi) is 5.37. The van der Waals surface area contributed by atoms with Crippen LogP contribution in [-0.4, -0.2) is 37.8 Å². The summed E-state index contributed by atoms with van der Waals surface area (Å²) in [6.07, 6.45) is 0. The van der Waals surface area contributed by atoms with Crippen molar-refractivity contribution >= 4 is 21.7 Å². The Morgan fingerprint density at radius 3 is 2.42 bits per heavy atom. The van der Waals surface area contributed by atoms with Crippen LogP contribution in [-0.2, 0) is 10.0 Å². The molecule has 2 aromatic rings. The van der Waals surface area contributed by atoms with E-state index < -0.39 is 21.8 Å². The summed E-state index contributed by atoms with van der Waals surface area (Å²) in [5.41, 5.74) is -0.0603. The predicted octanol–water partition coefficient (Wildman–Crippen LogP) is 1.70. The summed E-state index contributed by atoms with van der Waals surface area (Å²) in [5, 5.41) is 17.6. The number of carboxylic acids is 1. The maximum Gasteiger partial charge on any atom is 0.335 e. The zero-order valence-corrected chi connectivity index (χ0v) is 13.1. The lowest BCUT2D eigenvalue weighted by Gasteiger charge is -2.13. The number of hydrogen-bond acceptors (Lipinski definition) is 5. The van der Waals surface area contributed by atoms with Crippen LogP contribution < -0.4 is 9.46 Å². The molecular weight excluding hydrogens is 341 g/mol. The van der Waals surface area contributed by atoms with Gasteiger partial charge in [0.25, 0.3) is 10.0 Å². The first kappa shape index (κ1) is 17.7. The van der Waals surface area contributed by atoms with Crippen molar-refractivity contribution < 1.29 is 32.6 Å². The summed E-state index contributed by atoms with van der Waals surface area (Å²) in [5.74, 6) is -1.88. The highest BCUT2D eigenvalue weighted by Crippen LogP contribution is 2.28. The minimum atomic E-state index is -4.02. The number of anilines is 1. The lowest BCUT2D eigenvalue weighted by atomic mass is 10.2. The van der Waals surface area contributed by atoms with E-state index in [0.29, 0.717) is 0 Å². The van der Waals surface area contributed by atoms with Crippen molar-refractivity contribution in [3.8, 4) is 5.75 Å². The Bertz CT molecular complexity index is 836. The van der Waals surface area contributed by atoms with E-state index >= 15 is 0 Å². The van der Waals surface area contributed by atoms with E-state index in [9.17, 15) is 17.6 Å². The van der Waals surface area contributed by atoms with Gasteiger partial charge < -0.3 is 14.9 Å². The van der Waals surface area contributed by atoms with E-state index in [1.165, 1.54) is 6.07 Å². The Morgan fingerprint density at radius 2 is 1.83 bits per heavy atom. The SMILES string of the molecule is O=C(O)c1ccc(S(=O)(=O)Nc2ccc(F)cc2OCCO)cc1. The average Bonchev–Trinajstić information content (AvgIpc) is 2.55. The molecule has 0 saturated heterocycles. The average molecular weight is 355 g/mol. The van der Waals surface area contributed by atoms with Gasteiger partial charge in [0.05, 0.1) is 22.8 Å². The molecule has 128 valence electrons. The smallest absolute Gasteiger partial charge is 0.335 e. The van der Waals surface area contributed by atoms with Gasteiger partial charge in [0.15, 0.2) is 0 Å². The summed E-state index contributed by atoms with van der Waals surface area (Å²) in [7, 11) is -4.02. The maximum atomic E-state index is 13.3. The Morgan fingerprint density at radius 1 is 1.17 bits per heavy atom. The standard InChI is InChI=1S/C15H14FNO6S/c16-11-3-6-13(14(9-11)23-8-7-18)17-24(21,22)12-4-1-10(2-5-12)15(19)20/h1-6,9,17-18H,7-8H2,(H,19,20). The molecule has 0 fully saturated rings. The molecule has 24 heavy (non-hydrogen) atoms. The van der Waals surface area contributed by atoms with Crippen LogP contribution in [0.5, 0.6) is 5.75 Å². The Labute approximate surface area is 137 Å². The minimum absolute atomic E-state index is 0.00726. The van der Waals surface area contributed by atoms with Crippen LogP contribution in [0.15, 0.2) is 47.4 Å². The largest absolute Gasteiger partial charge is 0.489 e. The molecule has 2 rings (SSSR count). The van der Waals surface area contributed by atoms with Gasteiger partial charge in [0, 0.05) is 6.07 Å². The first-order chi connectivity index (χ1) is 11.3. The van der Waals surface area contributed by atoms with E-state index in [4.69, 9.17) is 14.9 Å². The number of hydrogen-bond donors (Lipinski definition) is 3. The number of aromatic carboxylic acids is 1. The summed E-state index contributed by atoms with van der Waals surface area (Å²) in [4.78, 5) is 10.6. The topological polar surface area (TPSA) is 113 Å². The molecule has 9 heteroatoms. The molecule has 0 unspecified atom stereocenters. The second-order valence-corrected chi connectivity index (χ2v) is 6.33. The number of aliphatic hydroxyl groups is 1.